The molecule has 2 aliphatic rings. The zero-order valence-electron chi connectivity index (χ0n) is 12.5. The van der Waals surface area contributed by atoms with Crippen molar-refractivity contribution in [1.82, 2.24) is 5.32 Å². The van der Waals surface area contributed by atoms with Crippen molar-refractivity contribution in [3.8, 4) is 0 Å². The number of hydrogen-bond donors (Lipinski definition) is 1. The lowest BCUT2D eigenvalue weighted by molar-refractivity contribution is 0.122. The Morgan fingerprint density at radius 3 is 2.40 bits per heavy atom. The summed E-state index contributed by atoms with van der Waals surface area (Å²) >= 11 is 0. The van der Waals surface area contributed by atoms with Crippen LogP contribution in [0.2, 0.25) is 0 Å². The van der Waals surface area contributed by atoms with Gasteiger partial charge < -0.3 is 15.0 Å². The highest BCUT2D eigenvalue weighted by atomic mass is 16.5. The lowest BCUT2D eigenvalue weighted by Gasteiger charge is -2.29. The van der Waals surface area contributed by atoms with E-state index >= 15 is 0 Å². The van der Waals surface area contributed by atoms with Gasteiger partial charge in [0, 0.05) is 30.9 Å². The highest BCUT2D eigenvalue weighted by Gasteiger charge is 2.27. The van der Waals surface area contributed by atoms with E-state index in [-0.39, 0.29) is 0 Å². The summed E-state index contributed by atoms with van der Waals surface area (Å²) in [6, 6.07) is 9.02. The number of morpholine rings is 1. The zero-order chi connectivity index (χ0) is 13.8. The molecule has 0 atom stereocenters. The third kappa shape index (κ3) is 3.33. The number of anilines is 1. The average Bonchev–Trinajstić information content (AvgIpc) is 2.94. The van der Waals surface area contributed by atoms with Crippen LogP contribution in [0.25, 0.3) is 0 Å². The molecule has 110 valence electrons. The molecular formula is C17H26N2O. The van der Waals surface area contributed by atoms with Crippen LogP contribution in [0.5, 0.6) is 0 Å². The molecule has 0 bridgehead atoms. The minimum absolute atomic E-state index is 0.364. The van der Waals surface area contributed by atoms with Gasteiger partial charge in [-0.15, -0.1) is 0 Å². The van der Waals surface area contributed by atoms with Crippen LogP contribution in [-0.4, -0.2) is 31.8 Å². The third-order valence-electron chi connectivity index (χ3n) is 4.74. The first kappa shape index (κ1) is 13.9. The van der Waals surface area contributed by atoms with Crippen molar-refractivity contribution >= 4 is 5.69 Å². The van der Waals surface area contributed by atoms with Gasteiger partial charge in [0.1, 0.15) is 0 Å². The maximum Gasteiger partial charge on any atom is 0.0642 e. The van der Waals surface area contributed by atoms with Gasteiger partial charge in [-0.2, -0.15) is 0 Å². The van der Waals surface area contributed by atoms with Crippen molar-refractivity contribution in [3.05, 3.63) is 29.8 Å². The Morgan fingerprint density at radius 2 is 1.75 bits per heavy atom. The van der Waals surface area contributed by atoms with Crippen LogP contribution in [0, 0.1) is 0 Å². The summed E-state index contributed by atoms with van der Waals surface area (Å²) in [4.78, 5) is 2.40. The molecule has 3 nitrogen and oxygen atoms in total. The minimum Gasteiger partial charge on any atom is -0.378 e. The Labute approximate surface area is 122 Å². The van der Waals surface area contributed by atoms with Gasteiger partial charge in [-0.3, -0.25) is 0 Å². The maximum absolute atomic E-state index is 5.40. The molecule has 1 aromatic rings. The summed E-state index contributed by atoms with van der Waals surface area (Å²) < 4.78 is 5.40. The van der Waals surface area contributed by atoms with Gasteiger partial charge in [-0.25, -0.2) is 0 Å². The van der Waals surface area contributed by atoms with Crippen LogP contribution in [-0.2, 0) is 11.3 Å². The van der Waals surface area contributed by atoms with Gasteiger partial charge in [-0.1, -0.05) is 25.0 Å². The highest BCUT2D eigenvalue weighted by Crippen LogP contribution is 2.29. The van der Waals surface area contributed by atoms with Gasteiger partial charge >= 0.3 is 0 Å². The smallest absolute Gasteiger partial charge is 0.0642 e. The van der Waals surface area contributed by atoms with Gasteiger partial charge in [0.2, 0.25) is 0 Å². The molecule has 20 heavy (non-hydrogen) atoms. The Bertz CT molecular complexity index is 417. The summed E-state index contributed by atoms with van der Waals surface area (Å²) in [5, 5.41) is 3.74. The Kier molecular flexibility index (Phi) is 4.27. The summed E-state index contributed by atoms with van der Waals surface area (Å²) in [6.45, 7) is 7.07. The molecule has 0 aromatic heterocycles. The van der Waals surface area contributed by atoms with Crippen molar-refractivity contribution in [3.63, 3.8) is 0 Å². The van der Waals surface area contributed by atoms with E-state index in [0.717, 1.165) is 32.8 Å². The van der Waals surface area contributed by atoms with E-state index in [1.54, 1.807) is 0 Å². The average molecular weight is 274 g/mol. The fourth-order valence-electron chi connectivity index (χ4n) is 3.29. The van der Waals surface area contributed by atoms with E-state index in [2.05, 4.69) is 41.4 Å². The summed E-state index contributed by atoms with van der Waals surface area (Å²) in [5.41, 5.74) is 3.07. The van der Waals surface area contributed by atoms with Crippen LogP contribution in [0.1, 0.15) is 38.2 Å². The fraction of sp³-hybridized carbons (Fsp3) is 0.647. The van der Waals surface area contributed by atoms with E-state index in [0.29, 0.717) is 5.54 Å². The van der Waals surface area contributed by atoms with E-state index in [4.69, 9.17) is 4.74 Å². The lowest BCUT2D eigenvalue weighted by atomic mass is 10.0. The number of nitrogens with zero attached hydrogens (tertiary/aromatic N) is 1. The predicted molar refractivity (Wildman–Crippen MR) is 83.2 cm³/mol. The molecule has 0 unspecified atom stereocenters. The predicted octanol–water partition coefficient (Wildman–Crippen LogP) is 2.95. The molecule has 1 aliphatic heterocycles. The maximum atomic E-state index is 5.40. The topological polar surface area (TPSA) is 24.5 Å². The summed E-state index contributed by atoms with van der Waals surface area (Å²) in [6.07, 6.45) is 5.39. The second kappa shape index (κ2) is 6.15. The van der Waals surface area contributed by atoms with Crippen molar-refractivity contribution in [1.29, 1.82) is 0 Å². The van der Waals surface area contributed by atoms with E-state index in [1.807, 2.05) is 0 Å². The molecule has 1 aromatic carbocycles. The molecule has 1 saturated carbocycles. The van der Waals surface area contributed by atoms with Crippen LogP contribution in [0.15, 0.2) is 24.3 Å². The molecule has 3 rings (SSSR count). The molecule has 1 N–H and O–H groups in total. The van der Waals surface area contributed by atoms with Gasteiger partial charge in [-0.05, 0) is 37.5 Å². The standard InChI is InChI=1S/C17H26N2O/c1-17(8-2-3-9-17)18-14-15-4-6-16(7-5-15)19-10-12-20-13-11-19/h4-7,18H,2-3,8-14H2,1H3. The quantitative estimate of drug-likeness (QED) is 0.913. The molecule has 0 spiro atoms. The second-order valence-corrected chi connectivity index (χ2v) is 6.39. The zero-order valence-corrected chi connectivity index (χ0v) is 12.5. The first-order valence-electron chi connectivity index (χ1n) is 7.92. The highest BCUT2D eigenvalue weighted by molar-refractivity contribution is 5.47. The molecule has 1 heterocycles. The molecule has 0 radical (unpaired) electrons. The number of ether oxygens (including phenoxy) is 1. The lowest BCUT2D eigenvalue weighted by Crippen LogP contribution is -2.38. The Balaban J connectivity index is 1.55. The molecule has 1 saturated heterocycles. The van der Waals surface area contributed by atoms with Crippen LogP contribution in [0.4, 0.5) is 5.69 Å². The van der Waals surface area contributed by atoms with Gasteiger partial charge in [0.25, 0.3) is 0 Å². The SMILES string of the molecule is CC1(NCc2ccc(N3CCOCC3)cc2)CCCC1. The first-order chi connectivity index (χ1) is 9.75. The number of hydrogen-bond acceptors (Lipinski definition) is 3. The van der Waals surface area contributed by atoms with E-state index in [1.165, 1.54) is 36.9 Å². The van der Waals surface area contributed by atoms with Crippen LogP contribution < -0.4 is 10.2 Å². The molecular weight excluding hydrogens is 248 g/mol. The van der Waals surface area contributed by atoms with Gasteiger partial charge in [0.05, 0.1) is 13.2 Å². The van der Waals surface area contributed by atoms with E-state index < -0.39 is 0 Å². The third-order valence-corrected chi connectivity index (χ3v) is 4.74. The van der Waals surface area contributed by atoms with Crippen molar-refractivity contribution in [2.45, 2.75) is 44.7 Å². The molecule has 3 heteroatoms. The number of rotatable bonds is 4. The van der Waals surface area contributed by atoms with Crippen molar-refractivity contribution in [2.75, 3.05) is 31.2 Å². The Morgan fingerprint density at radius 1 is 1.10 bits per heavy atom. The minimum atomic E-state index is 0.364. The molecule has 1 aliphatic carbocycles. The largest absolute Gasteiger partial charge is 0.378 e. The molecule has 2 fully saturated rings. The monoisotopic (exact) mass is 274 g/mol. The van der Waals surface area contributed by atoms with Crippen molar-refractivity contribution in [2.24, 2.45) is 0 Å². The Hall–Kier alpha value is -1.06. The first-order valence-corrected chi connectivity index (χ1v) is 7.92. The summed E-state index contributed by atoms with van der Waals surface area (Å²) in [7, 11) is 0. The number of benzene rings is 1. The second-order valence-electron chi connectivity index (χ2n) is 6.39. The van der Waals surface area contributed by atoms with Crippen LogP contribution >= 0.6 is 0 Å². The fourth-order valence-corrected chi connectivity index (χ4v) is 3.29. The van der Waals surface area contributed by atoms with E-state index in [9.17, 15) is 0 Å². The molecule has 0 amide bonds. The normalized spacial score (nSPS) is 22.1. The van der Waals surface area contributed by atoms with Gasteiger partial charge in [0.15, 0.2) is 0 Å². The van der Waals surface area contributed by atoms with Crippen LogP contribution in [0.3, 0.4) is 0 Å². The summed E-state index contributed by atoms with van der Waals surface area (Å²) in [5.74, 6) is 0. The number of nitrogens with one attached hydrogen (secondary N) is 1. The van der Waals surface area contributed by atoms with Crippen molar-refractivity contribution < 1.29 is 4.74 Å².